The molecule has 0 saturated heterocycles. The molecule has 4 aliphatic heterocycles. The summed E-state index contributed by atoms with van der Waals surface area (Å²) in [6.07, 6.45) is 20.6. The predicted octanol–water partition coefficient (Wildman–Crippen LogP) is 3.69. The molecule has 8 heterocycles. The van der Waals surface area contributed by atoms with Gasteiger partial charge in [-0.05, 0) is 0 Å². The lowest BCUT2D eigenvalue weighted by Gasteiger charge is -2.23. The maximum absolute atomic E-state index is 5.13. The van der Waals surface area contributed by atoms with E-state index in [4.69, 9.17) is 15.0 Å². The lowest BCUT2D eigenvalue weighted by molar-refractivity contribution is 0.492. The smallest absolute Gasteiger partial charge is 0.138 e. The summed E-state index contributed by atoms with van der Waals surface area (Å²) >= 11 is 0. The van der Waals surface area contributed by atoms with Gasteiger partial charge in [0, 0.05) is 125 Å². The minimum Gasteiger partial charge on any atom is -0.361 e. The molecule has 12 nitrogen and oxygen atoms in total. The van der Waals surface area contributed by atoms with Crippen molar-refractivity contribution in [1.82, 2.24) is 39.1 Å². The van der Waals surface area contributed by atoms with Gasteiger partial charge < -0.3 is 43.8 Å². The first kappa shape index (κ1) is 25.3. The second kappa shape index (κ2) is 9.58. The van der Waals surface area contributed by atoms with E-state index in [9.17, 15) is 0 Å². The van der Waals surface area contributed by atoms with Crippen LogP contribution in [0.15, 0.2) is 86.3 Å². The van der Waals surface area contributed by atoms with E-state index in [2.05, 4.69) is 146 Å². The Morgan fingerprint density at radius 2 is 0.837 bits per heavy atom. The average Bonchev–Trinajstić information content (AvgIpc) is 3.84. The van der Waals surface area contributed by atoms with Crippen molar-refractivity contribution in [3.8, 4) is 5.69 Å². The van der Waals surface area contributed by atoms with Crippen LogP contribution >= 0.6 is 0 Å². The minimum atomic E-state index is 0.741. The van der Waals surface area contributed by atoms with Crippen LogP contribution in [0.4, 0.5) is 23.3 Å². The van der Waals surface area contributed by atoms with Crippen molar-refractivity contribution in [2.75, 3.05) is 74.5 Å². The Morgan fingerprint density at radius 3 is 1.19 bits per heavy atom. The number of anilines is 4. The van der Waals surface area contributed by atoms with Crippen LogP contribution in [0.25, 0.3) is 27.5 Å². The van der Waals surface area contributed by atoms with E-state index in [0.717, 1.165) is 77.4 Å². The zero-order chi connectivity index (χ0) is 29.2. The minimum absolute atomic E-state index is 0.741. The number of hydrogen-bond donors (Lipinski definition) is 0. The SMILES string of the molecule is CN1C=CN(c2cc3c(cn2)c2cnc(N4C=CN(C)C4)cc2n3-c2cc(N3C=CN(C)C3)nc(N3C=CN(C)C3)c2)C1. The number of rotatable bonds is 5. The standard InChI is InChI=1S/C31H34N12/c1-35-5-9-39(19-35)28-15-26-24(17-32-28)25-18-33-29(40-10-6-36(2)20-40)16-27(25)43(26)23-13-30(41-11-7-37(3)21-41)34-31(14-23)42-12-8-38(4)22-42/h5-18H,19-22H2,1-4H3. The average molecular weight is 575 g/mol. The van der Waals surface area contributed by atoms with Gasteiger partial charge in [-0.2, -0.15) is 0 Å². The summed E-state index contributed by atoms with van der Waals surface area (Å²) in [5.74, 6) is 3.58. The molecule has 0 unspecified atom stereocenters. The van der Waals surface area contributed by atoms with Crippen LogP contribution in [-0.4, -0.2) is 94.0 Å². The van der Waals surface area contributed by atoms with Crippen LogP contribution in [0.2, 0.25) is 0 Å². The van der Waals surface area contributed by atoms with Gasteiger partial charge in [-0.25, -0.2) is 15.0 Å². The Morgan fingerprint density at radius 1 is 0.465 bits per heavy atom. The molecule has 12 heteroatoms. The third-order valence-corrected chi connectivity index (χ3v) is 8.23. The highest BCUT2D eigenvalue weighted by atomic mass is 15.4. The fourth-order valence-corrected chi connectivity index (χ4v) is 6.00. The summed E-state index contributed by atoms with van der Waals surface area (Å²) < 4.78 is 2.34. The molecule has 218 valence electrons. The van der Waals surface area contributed by atoms with Gasteiger partial charge in [-0.1, -0.05) is 0 Å². The maximum Gasteiger partial charge on any atom is 0.138 e. The highest BCUT2D eigenvalue weighted by Crippen LogP contribution is 2.37. The van der Waals surface area contributed by atoms with Crippen molar-refractivity contribution in [2.24, 2.45) is 0 Å². The highest BCUT2D eigenvalue weighted by Gasteiger charge is 2.23. The number of hydrogen-bond acceptors (Lipinski definition) is 11. The third-order valence-electron chi connectivity index (χ3n) is 8.23. The van der Waals surface area contributed by atoms with Crippen LogP contribution in [0.5, 0.6) is 0 Å². The quantitative estimate of drug-likeness (QED) is 0.351. The van der Waals surface area contributed by atoms with E-state index in [1.807, 2.05) is 12.4 Å². The summed E-state index contributed by atoms with van der Waals surface area (Å²) in [4.78, 5) is 32.2. The molecule has 8 rings (SSSR count). The second-order valence-corrected chi connectivity index (χ2v) is 11.7. The monoisotopic (exact) mass is 574 g/mol. The largest absolute Gasteiger partial charge is 0.361 e. The van der Waals surface area contributed by atoms with Gasteiger partial charge in [0.25, 0.3) is 0 Å². The van der Waals surface area contributed by atoms with Crippen LogP contribution in [0, 0.1) is 0 Å². The van der Waals surface area contributed by atoms with Gasteiger partial charge in [0.1, 0.15) is 23.3 Å². The van der Waals surface area contributed by atoms with Crippen molar-refractivity contribution in [2.45, 2.75) is 0 Å². The molecule has 4 aromatic rings. The van der Waals surface area contributed by atoms with Gasteiger partial charge in [-0.15, -0.1) is 0 Å². The molecule has 0 saturated carbocycles. The molecule has 0 amide bonds. The number of nitrogens with zero attached hydrogens (tertiary/aromatic N) is 12. The summed E-state index contributed by atoms with van der Waals surface area (Å²) in [5, 5.41) is 2.12. The fraction of sp³-hybridized carbons (Fsp3) is 0.258. The highest BCUT2D eigenvalue weighted by molar-refractivity contribution is 6.09. The Hall–Kier alpha value is -5.39. The number of aromatic nitrogens is 4. The van der Waals surface area contributed by atoms with Crippen molar-refractivity contribution in [1.29, 1.82) is 0 Å². The van der Waals surface area contributed by atoms with Crippen LogP contribution in [0.1, 0.15) is 0 Å². The normalized spacial score (nSPS) is 18.0. The molecule has 43 heavy (non-hydrogen) atoms. The second-order valence-electron chi connectivity index (χ2n) is 11.7. The zero-order valence-corrected chi connectivity index (χ0v) is 24.8. The molecule has 0 bridgehead atoms. The van der Waals surface area contributed by atoms with E-state index in [1.54, 1.807) is 0 Å². The number of fused-ring (bicyclic) bond motifs is 3. The lowest BCUT2D eigenvalue weighted by Crippen LogP contribution is -2.25. The van der Waals surface area contributed by atoms with Gasteiger partial charge in [0.2, 0.25) is 0 Å². The first-order valence-corrected chi connectivity index (χ1v) is 14.3. The van der Waals surface area contributed by atoms with Crippen molar-refractivity contribution < 1.29 is 0 Å². The van der Waals surface area contributed by atoms with Crippen molar-refractivity contribution >= 4 is 45.1 Å². The van der Waals surface area contributed by atoms with Crippen LogP contribution in [0.3, 0.4) is 0 Å². The molecule has 0 aromatic carbocycles. The van der Waals surface area contributed by atoms with Gasteiger partial charge >= 0.3 is 0 Å². The van der Waals surface area contributed by atoms with E-state index < -0.39 is 0 Å². The van der Waals surface area contributed by atoms with Gasteiger partial charge in [0.15, 0.2) is 0 Å². The Kier molecular flexibility index (Phi) is 5.64. The molecule has 0 radical (unpaired) electrons. The molecule has 4 aromatic heterocycles. The van der Waals surface area contributed by atoms with Gasteiger partial charge in [-0.3, -0.25) is 0 Å². The fourth-order valence-electron chi connectivity index (χ4n) is 6.00. The summed E-state index contributed by atoms with van der Waals surface area (Å²) in [6.45, 7) is 2.99. The summed E-state index contributed by atoms with van der Waals surface area (Å²) in [5.41, 5.74) is 3.17. The molecule has 0 aliphatic carbocycles. The van der Waals surface area contributed by atoms with E-state index >= 15 is 0 Å². The van der Waals surface area contributed by atoms with E-state index in [1.165, 1.54) is 0 Å². The topological polar surface area (TPSA) is 69.5 Å². The van der Waals surface area contributed by atoms with E-state index in [-0.39, 0.29) is 0 Å². The predicted molar refractivity (Wildman–Crippen MR) is 171 cm³/mol. The summed E-state index contributed by atoms with van der Waals surface area (Å²) in [7, 11) is 8.28. The lowest BCUT2D eigenvalue weighted by atomic mass is 10.2. The molecule has 0 N–H and O–H groups in total. The Bertz CT molecular complexity index is 1730. The third kappa shape index (κ3) is 4.33. The first-order chi connectivity index (χ1) is 20.9. The molecule has 0 fully saturated rings. The van der Waals surface area contributed by atoms with Crippen LogP contribution in [-0.2, 0) is 0 Å². The van der Waals surface area contributed by atoms with Crippen LogP contribution < -0.4 is 19.6 Å². The van der Waals surface area contributed by atoms with Crippen molar-refractivity contribution in [3.63, 3.8) is 0 Å². The number of pyridine rings is 3. The molecule has 4 aliphatic rings. The molecular weight excluding hydrogens is 540 g/mol. The molecular formula is C31H34N12. The van der Waals surface area contributed by atoms with E-state index in [0.29, 0.717) is 0 Å². The Balaban J connectivity index is 1.36. The maximum atomic E-state index is 5.13. The Labute approximate surface area is 250 Å². The zero-order valence-electron chi connectivity index (χ0n) is 24.8. The molecule has 0 spiro atoms. The van der Waals surface area contributed by atoms with Crippen molar-refractivity contribution in [3.05, 3.63) is 86.3 Å². The first-order valence-electron chi connectivity index (χ1n) is 14.3. The summed E-state index contributed by atoms with van der Waals surface area (Å²) in [6, 6.07) is 8.75. The molecule has 0 atom stereocenters. The van der Waals surface area contributed by atoms with Gasteiger partial charge in [0.05, 0.1) is 43.4 Å².